The summed E-state index contributed by atoms with van der Waals surface area (Å²) >= 11 is 0. The molecule has 2 aromatic heterocycles. The Kier molecular flexibility index (Phi) is 13.7. The Balaban J connectivity index is 1.01. The van der Waals surface area contributed by atoms with Gasteiger partial charge in [-0.15, -0.1) is 0 Å². The maximum absolute atomic E-state index is 14.2. The van der Waals surface area contributed by atoms with E-state index in [0.29, 0.717) is 31.5 Å². The zero-order valence-electron chi connectivity index (χ0n) is 39.4. The summed E-state index contributed by atoms with van der Waals surface area (Å²) in [5.74, 6) is 2.46. The van der Waals surface area contributed by atoms with Gasteiger partial charge in [-0.25, -0.2) is 19.6 Å². The third-order valence-corrected chi connectivity index (χ3v) is 14.3. The number of carbonyl (C=O) groups is 4. The van der Waals surface area contributed by atoms with Crippen molar-refractivity contribution >= 4 is 24.0 Å². The minimum atomic E-state index is -0.703. The van der Waals surface area contributed by atoms with E-state index in [1.807, 2.05) is 63.7 Å². The SMILES string of the molecule is COC(=O)NCC(C(=O)N1CCCC1c1ncc(-c2ccc(-c3ccc(-c4cnc(C5CC(C)CN5C(=O)C(NC(=O)OCC(C)C)C(C)C)[nH]4)c4c3C3CCC4CC3)cc2)[nH]1)C(C)C. The van der Waals surface area contributed by atoms with Gasteiger partial charge >= 0.3 is 12.2 Å². The highest BCUT2D eigenvalue weighted by Gasteiger charge is 2.42. The van der Waals surface area contributed by atoms with Crippen LogP contribution in [0.4, 0.5) is 9.59 Å². The maximum atomic E-state index is 14.2. The first-order chi connectivity index (χ1) is 31.2. The molecule has 5 atom stereocenters. The van der Waals surface area contributed by atoms with Crippen LogP contribution < -0.4 is 10.6 Å². The summed E-state index contributed by atoms with van der Waals surface area (Å²) in [6, 6.07) is 12.2. The Labute approximate surface area is 383 Å². The molecule has 65 heavy (non-hydrogen) atoms. The van der Waals surface area contributed by atoms with Crippen LogP contribution in [-0.4, -0.2) is 93.1 Å². The second-order valence-electron chi connectivity index (χ2n) is 20.1. The standard InChI is InChI=1S/C51H68N8O6/c1-28(2)27-65-51(63)57-45(30(5)6)49(61)59-26-31(7)22-42(59)47-53-25-40(56-47)37-20-19-36(43-34-15-17-35(18-16-34)44(37)43)32-11-13-33(14-12-32)39-24-52-46(55-39)41-10-9-21-58(41)48(60)38(29(3)4)23-54-50(62)64-8/h11-14,19-20,24-25,28-31,34-35,38,41-42,45H,9-10,15-18,21-23,26-27H2,1-8H3,(H,52,55)(H,53,56)(H,54,62)(H,57,63). The molecule has 2 bridgehead atoms. The number of likely N-dealkylation sites (tertiary alicyclic amines) is 2. The average Bonchev–Trinajstić information content (AvgIpc) is 4.14. The van der Waals surface area contributed by atoms with E-state index in [0.717, 1.165) is 47.9 Å². The number of carbonyl (C=O) groups excluding carboxylic acids is 4. The molecule has 3 aliphatic carbocycles. The molecule has 5 aliphatic rings. The van der Waals surface area contributed by atoms with Gasteiger partial charge in [-0.2, -0.15) is 0 Å². The summed E-state index contributed by atoms with van der Waals surface area (Å²) in [5, 5.41) is 5.58. The molecule has 348 valence electrons. The van der Waals surface area contributed by atoms with E-state index in [-0.39, 0.29) is 60.0 Å². The van der Waals surface area contributed by atoms with Gasteiger partial charge in [0.05, 0.1) is 55.5 Å². The lowest BCUT2D eigenvalue weighted by Gasteiger charge is -2.41. The van der Waals surface area contributed by atoms with Crippen molar-refractivity contribution in [1.29, 1.82) is 0 Å². The van der Waals surface area contributed by atoms with Crippen LogP contribution in [0.5, 0.6) is 0 Å². The highest BCUT2D eigenvalue weighted by Crippen LogP contribution is 2.55. The minimum absolute atomic E-state index is 0.0193. The van der Waals surface area contributed by atoms with Crippen LogP contribution >= 0.6 is 0 Å². The first-order valence-corrected chi connectivity index (χ1v) is 24.0. The zero-order chi connectivity index (χ0) is 46.1. The second-order valence-corrected chi connectivity index (χ2v) is 20.1. The predicted octanol–water partition coefficient (Wildman–Crippen LogP) is 9.50. The predicted molar refractivity (Wildman–Crippen MR) is 250 cm³/mol. The number of hydrogen-bond acceptors (Lipinski definition) is 8. The molecule has 4 N–H and O–H groups in total. The average molecular weight is 889 g/mol. The van der Waals surface area contributed by atoms with E-state index in [9.17, 15) is 19.2 Å². The molecule has 4 aromatic rings. The van der Waals surface area contributed by atoms with Crippen molar-refractivity contribution < 1.29 is 28.7 Å². The number of methoxy groups -OCH3 is 1. The van der Waals surface area contributed by atoms with Crippen molar-refractivity contribution in [2.75, 3.05) is 33.4 Å². The number of benzene rings is 2. The van der Waals surface area contributed by atoms with Crippen LogP contribution in [-0.2, 0) is 19.1 Å². The van der Waals surface area contributed by atoms with E-state index in [1.165, 1.54) is 60.6 Å². The van der Waals surface area contributed by atoms with Gasteiger partial charge in [-0.1, -0.05) is 84.9 Å². The number of imidazole rings is 2. The van der Waals surface area contributed by atoms with Crippen molar-refractivity contribution in [1.82, 2.24) is 40.4 Å². The van der Waals surface area contributed by atoms with Crippen molar-refractivity contribution in [2.45, 2.75) is 123 Å². The number of rotatable bonds is 14. The van der Waals surface area contributed by atoms with Crippen molar-refractivity contribution in [3.05, 3.63) is 71.6 Å². The minimum Gasteiger partial charge on any atom is -0.453 e. The summed E-state index contributed by atoms with van der Waals surface area (Å²) in [6.07, 6.45) is 9.92. The molecule has 2 aromatic carbocycles. The van der Waals surface area contributed by atoms with Gasteiger partial charge in [0.25, 0.3) is 0 Å². The number of alkyl carbamates (subject to hydrolysis) is 2. The number of aromatic amines is 2. The summed E-state index contributed by atoms with van der Waals surface area (Å²) in [6.45, 7) is 15.8. The lowest BCUT2D eigenvalue weighted by molar-refractivity contribution is -0.138. The number of ether oxygens (including phenoxy) is 2. The van der Waals surface area contributed by atoms with E-state index in [2.05, 4.69) is 63.9 Å². The molecule has 0 radical (unpaired) electrons. The Bertz CT molecular complexity index is 2340. The van der Waals surface area contributed by atoms with Gasteiger partial charge in [0.1, 0.15) is 17.7 Å². The molecule has 14 heteroatoms. The van der Waals surface area contributed by atoms with Crippen LogP contribution in [0.15, 0.2) is 48.8 Å². The molecule has 4 amide bonds. The molecule has 3 fully saturated rings. The number of H-pyrrole nitrogens is 2. The zero-order valence-corrected chi connectivity index (χ0v) is 39.4. The fourth-order valence-electron chi connectivity index (χ4n) is 10.9. The summed E-state index contributed by atoms with van der Waals surface area (Å²) < 4.78 is 10.1. The Hall–Kier alpha value is -5.66. The van der Waals surface area contributed by atoms with Crippen molar-refractivity contribution in [3.8, 4) is 33.6 Å². The third-order valence-electron chi connectivity index (χ3n) is 14.3. The number of aromatic nitrogens is 4. The number of fused-ring (bicyclic) bond motifs is 2. The lowest BCUT2D eigenvalue weighted by Crippen LogP contribution is -2.51. The fraction of sp³-hybridized carbons (Fsp3) is 0.569. The van der Waals surface area contributed by atoms with Crippen molar-refractivity contribution in [2.24, 2.45) is 29.6 Å². The highest BCUT2D eigenvalue weighted by molar-refractivity contribution is 5.87. The first kappa shape index (κ1) is 45.9. The molecule has 2 aliphatic heterocycles. The number of hydrogen-bond donors (Lipinski definition) is 4. The summed E-state index contributed by atoms with van der Waals surface area (Å²) in [7, 11) is 1.32. The monoisotopic (exact) mass is 889 g/mol. The summed E-state index contributed by atoms with van der Waals surface area (Å²) in [4.78, 5) is 73.3. The lowest BCUT2D eigenvalue weighted by atomic mass is 9.64. The topological polar surface area (TPSA) is 175 Å². The number of nitrogens with zero attached hydrogens (tertiary/aromatic N) is 4. The van der Waals surface area contributed by atoms with Gasteiger partial charge in [-0.3, -0.25) is 9.59 Å². The fourth-order valence-corrected chi connectivity index (χ4v) is 10.9. The summed E-state index contributed by atoms with van der Waals surface area (Å²) in [5.41, 5.74) is 9.43. The number of nitrogens with one attached hydrogen (secondary N) is 4. The molecule has 0 spiro atoms. The van der Waals surface area contributed by atoms with Gasteiger partial charge < -0.3 is 39.9 Å². The van der Waals surface area contributed by atoms with Crippen LogP contribution in [0.25, 0.3) is 33.6 Å². The molecular formula is C51H68N8O6. The first-order valence-electron chi connectivity index (χ1n) is 24.0. The molecular weight excluding hydrogens is 821 g/mol. The van der Waals surface area contributed by atoms with Crippen LogP contribution in [0, 0.1) is 29.6 Å². The second kappa shape index (κ2) is 19.4. The van der Waals surface area contributed by atoms with E-state index in [4.69, 9.17) is 19.4 Å². The van der Waals surface area contributed by atoms with E-state index in [1.54, 1.807) is 0 Å². The van der Waals surface area contributed by atoms with Gasteiger partial charge in [-0.05, 0) is 108 Å². The number of amides is 4. The van der Waals surface area contributed by atoms with Gasteiger partial charge in [0.15, 0.2) is 0 Å². The normalized spacial score (nSPS) is 22.4. The molecule has 4 heterocycles. The van der Waals surface area contributed by atoms with Gasteiger partial charge in [0, 0.05) is 25.2 Å². The van der Waals surface area contributed by atoms with Crippen LogP contribution in [0.2, 0.25) is 0 Å². The molecule has 2 saturated heterocycles. The van der Waals surface area contributed by atoms with Crippen LogP contribution in [0.1, 0.15) is 140 Å². The smallest absolute Gasteiger partial charge is 0.407 e. The van der Waals surface area contributed by atoms with E-state index < -0.39 is 18.2 Å². The van der Waals surface area contributed by atoms with Crippen LogP contribution in [0.3, 0.4) is 0 Å². The molecule has 5 unspecified atom stereocenters. The third kappa shape index (κ3) is 9.54. The van der Waals surface area contributed by atoms with E-state index >= 15 is 0 Å². The maximum Gasteiger partial charge on any atom is 0.407 e. The Morgan fingerprint density at radius 2 is 1.35 bits per heavy atom. The van der Waals surface area contributed by atoms with Gasteiger partial charge in [0.2, 0.25) is 11.8 Å². The van der Waals surface area contributed by atoms with Crippen molar-refractivity contribution in [3.63, 3.8) is 0 Å². The molecule has 9 rings (SSSR count). The largest absolute Gasteiger partial charge is 0.453 e. The molecule has 14 nitrogen and oxygen atoms in total. The molecule has 1 saturated carbocycles. The quantitative estimate of drug-likeness (QED) is 0.0969. The Morgan fingerprint density at radius 1 is 0.738 bits per heavy atom. The Morgan fingerprint density at radius 3 is 2.00 bits per heavy atom. The highest BCUT2D eigenvalue weighted by atomic mass is 16.5.